The number of amides is 1. The van der Waals surface area contributed by atoms with E-state index >= 15 is 0 Å². The third-order valence-corrected chi connectivity index (χ3v) is 4.51. The van der Waals surface area contributed by atoms with E-state index in [0.717, 1.165) is 9.99 Å². The van der Waals surface area contributed by atoms with Crippen molar-refractivity contribution in [2.75, 3.05) is 5.32 Å². The standard InChI is InChI=1S/C19H12BrN5O3/c20-12-9-16-18(21-10-12)24-17(22-16)14-3-1-2-4-15(14)23-19(26)11-5-7-13(8-6-11)25(27)28/h1-10H,(H,23,26)(H,21,22,24). The number of nitro benzene ring substituents is 1. The molecule has 9 heteroatoms. The third kappa shape index (κ3) is 3.47. The Bertz CT molecular complexity index is 1200. The predicted molar refractivity (Wildman–Crippen MR) is 108 cm³/mol. The number of benzene rings is 2. The highest BCUT2D eigenvalue weighted by molar-refractivity contribution is 9.10. The molecule has 0 radical (unpaired) electrons. The number of nitro groups is 1. The summed E-state index contributed by atoms with van der Waals surface area (Å²) in [4.78, 5) is 34.7. The van der Waals surface area contributed by atoms with Crippen LogP contribution in [0.4, 0.5) is 11.4 Å². The molecule has 138 valence electrons. The lowest BCUT2D eigenvalue weighted by Gasteiger charge is -2.09. The molecule has 2 aromatic heterocycles. The summed E-state index contributed by atoms with van der Waals surface area (Å²) in [6.07, 6.45) is 1.66. The van der Waals surface area contributed by atoms with Crippen LogP contribution in [0, 0.1) is 10.1 Å². The van der Waals surface area contributed by atoms with Crippen LogP contribution in [0.25, 0.3) is 22.6 Å². The van der Waals surface area contributed by atoms with Crippen LogP contribution in [-0.2, 0) is 0 Å². The molecule has 0 aliphatic heterocycles. The van der Waals surface area contributed by atoms with Crippen molar-refractivity contribution in [2.24, 2.45) is 0 Å². The Hall–Kier alpha value is -3.59. The SMILES string of the molecule is O=C(Nc1ccccc1-c1nc2ncc(Br)cc2[nH]1)c1ccc([N+](=O)[O-])cc1. The number of nitrogens with zero attached hydrogens (tertiary/aromatic N) is 3. The molecule has 1 amide bonds. The fourth-order valence-electron chi connectivity index (χ4n) is 2.73. The van der Waals surface area contributed by atoms with E-state index in [1.165, 1.54) is 24.3 Å². The summed E-state index contributed by atoms with van der Waals surface area (Å²) in [7, 11) is 0. The zero-order valence-corrected chi connectivity index (χ0v) is 15.8. The molecule has 0 fully saturated rings. The van der Waals surface area contributed by atoms with Crippen LogP contribution in [0.15, 0.2) is 65.3 Å². The Morgan fingerprint density at radius 1 is 1.14 bits per heavy atom. The van der Waals surface area contributed by atoms with Crippen LogP contribution < -0.4 is 5.32 Å². The Morgan fingerprint density at radius 3 is 2.64 bits per heavy atom. The minimum Gasteiger partial charge on any atom is -0.336 e. The number of aromatic amines is 1. The van der Waals surface area contributed by atoms with Gasteiger partial charge in [0.05, 0.1) is 16.1 Å². The van der Waals surface area contributed by atoms with E-state index in [1.807, 2.05) is 18.2 Å². The zero-order valence-electron chi connectivity index (χ0n) is 14.2. The molecule has 0 bridgehead atoms. The van der Waals surface area contributed by atoms with Crippen LogP contribution in [0.1, 0.15) is 10.4 Å². The summed E-state index contributed by atoms with van der Waals surface area (Å²) >= 11 is 3.38. The number of H-pyrrole nitrogens is 1. The van der Waals surface area contributed by atoms with Crippen molar-refractivity contribution < 1.29 is 9.72 Å². The number of rotatable bonds is 4. The molecule has 0 spiro atoms. The second-order valence-corrected chi connectivity index (χ2v) is 6.83. The molecule has 2 aromatic carbocycles. The Morgan fingerprint density at radius 2 is 1.89 bits per heavy atom. The van der Waals surface area contributed by atoms with Gasteiger partial charge in [-0.1, -0.05) is 12.1 Å². The molecule has 0 saturated carbocycles. The quantitative estimate of drug-likeness (QED) is 0.359. The Kier molecular flexibility index (Phi) is 4.58. The number of halogens is 1. The Balaban J connectivity index is 1.65. The molecule has 28 heavy (non-hydrogen) atoms. The molecule has 0 aliphatic rings. The van der Waals surface area contributed by atoms with E-state index in [0.29, 0.717) is 28.3 Å². The summed E-state index contributed by atoms with van der Waals surface area (Å²) in [6.45, 7) is 0. The second kappa shape index (κ2) is 7.20. The van der Waals surface area contributed by atoms with Gasteiger partial charge in [0.15, 0.2) is 5.65 Å². The highest BCUT2D eigenvalue weighted by Crippen LogP contribution is 2.28. The van der Waals surface area contributed by atoms with E-state index in [2.05, 4.69) is 36.2 Å². The van der Waals surface area contributed by atoms with E-state index in [4.69, 9.17) is 0 Å². The van der Waals surface area contributed by atoms with Gasteiger partial charge in [-0.15, -0.1) is 0 Å². The van der Waals surface area contributed by atoms with Gasteiger partial charge in [-0.3, -0.25) is 14.9 Å². The summed E-state index contributed by atoms with van der Waals surface area (Å²) < 4.78 is 0.829. The Labute approximate surface area is 166 Å². The van der Waals surface area contributed by atoms with Crippen molar-refractivity contribution in [3.63, 3.8) is 0 Å². The number of aromatic nitrogens is 3. The van der Waals surface area contributed by atoms with Gasteiger partial charge in [-0.2, -0.15) is 0 Å². The number of non-ortho nitro benzene ring substituents is 1. The number of para-hydroxylation sites is 1. The first kappa shape index (κ1) is 17.8. The molecule has 8 nitrogen and oxygen atoms in total. The number of fused-ring (bicyclic) bond motifs is 1. The molecule has 2 heterocycles. The summed E-state index contributed by atoms with van der Waals surface area (Å²) in [5.74, 6) is 0.194. The summed E-state index contributed by atoms with van der Waals surface area (Å²) in [5, 5.41) is 13.6. The van der Waals surface area contributed by atoms with Gasteiger partial charge in [0.2, 0.25) is 0 Å². The number of carbonyl (C=O) groups is 1. The fourth-order valence-corrected chi connectivity index (χ4v) is 3.06. The number of hydrogen-bond acceptors (Lipinski definition) is 5. The summed E-state index contributed by atoms with van der Waals surface area (Å²) in [5.41, 5.74) is 2.83. The van der Waals surface area contributed by atoms with E-state index < -0.39 is 4.92 Å². The largest absolute Gasteiger partial charge is 0.336 e. The first-order valence-corrected chi connectivity index (χ1v) is 8.97. The van der Waals surface area contributed by atoms with Gasteiger partial charge in [0.25, 0.3) is 11.6 Å². The van der Waals surface area contributed by atoms with Crippen molar-refractivity contribution in [3.05, 3.63) is 80.9 Å². The molecule has 0 aliphatic carbocycles. The highest BCUT2D eigenvalue weighted by Gasteiger charge is 2.14. The number of pyridine rings is 1. The molecule has 0 atom stereocenters. The average Bonchev–Trinajstić information content (AvgIpc) is 3.11. The maximum absolute atomic E-state index is 12.6. The van der Waals surface area contributed by atoms with Gasteiger partial charge >= 0.3 is 0 Å². The number of imidazole rings is 1. The van der Waals surface area contributed by atoms with E-state index in [-0.39, 0.29) is 11.6 Å². The van der Waals surface area contributed by atoms with Gasteiger partial charge in [-0.25, -0.2) is 9.97 Å². The normalized spacial score (nSPS) is 10.8. The van der Waals surface area contributed by atoms with Crippen molar-refractivity contribution in [2.45, 2.75) is 0 Å². The molecule has 4 aromatic rings. The topological polar surface area (TPSA) is 114 Å². The van der Waals surface area contributed by atoms with Crippen LogP contribution in [0.5, 0.6) is 0 Å². The van der Waals surface area contributed by atoms with E-state index in [1.54, 1.807) is 18.3 Å². The lowest BCUT2D eigenvalue weighted by atomic mass is 10.1. The van der Waals surface area contributed by atoms with Crippen molar-refractivity contribution in [1.29, 1.82) is 0 Å². The lowest BCUT2D eigenvalue weighted by Crippen LogP contribution is -2.12. The average molecular weight is 438 g/mol. The maximum atomic E-state index is 12.6. The zero-order chi connectivity index (χ0) is 19.7. The van der Waals surface area contributed by atoms with E-state index in [9.17, 15) is 14.9 Å². The second-order valence-electron chi connectivity index (χ2n) is 5.91. The molecule has 0 unspecified atom stereocenters. The monoisotopic (exact) mass is 437 g/mol. The lowest BCUT2D eigenvalue weighted by molar-refractivity contribution is -0.384. The summed E-state index contributed by atoms with van der Waals surface area (Å²) in [6, 6.07) is 14.5. The number of anilines is 1. The first-order chi connectivity index (χ1) is 13.5. The minimum atomic E-state index is -0.509. The van der Waals surface area contributed by atoms with Crippen molar-refractivity contribution >= 4 is 44.4 Å². The minimum absolute atomic E-state index is 0.0714. The number of carbonyl (C=O) groups excluding carboxylic acids is 1. The molecule has 2 N–H and O–H groups in total. The molecule has 4 rings (SSSR count). The smallest absolute Gasteiger partial charge is 0.269 e. The number of nitrogens with one attached hydrogen (secondary N) is 2. The van der Waals surface area contributed by atoms with Gasteiger partial charge in [-0.05, 0) is 46.3 Å². The van der Waals surface area contributed by atoms with Crippen LogP contribution in [-0.4, -0.2) is 25.8 Å². The predicted octanol–water partition coefficient (Wildman–Crippen LogP) is 4.55. The van der Waals surface area contributed by atoms with Gasteiger partial charge in [0.1, 0.15) is 5.82 Å². The molecule has 0 saturated heterocycles. The number of hydrogen-bond donors (Lipinski definition) is 2. The molecular formula is C19H12BrN5O3. The van der Waals surface area contributed by atoms with Crippen molar-refractivity contribution in [1.82, 2.24) is 15.0 Å². The molecular weight excluding hydrogens is 426 g/mol. The maximum Gasteiger partial charge on any atom is 0.269 e. The first-order valence-electron chi connectivity index (χ1n) is 8.18. The fraction of sp³-hybridized carbons (Fsp3) is 0. The van der Waals surface area contributed by atoms with Gasteiger partial charge in [0, 0.05) is 33.9 Å². The third-order valence-electron chi connectivity index (χ3n) is 4.07. The van der Waals surface area contributed by atoms with Gasteiger partial charge < -0.3 is 10.3 Å². The highest BCUT2D eigenvalue weighted by atomic mass is 79.9. The van der Waals surface area contributed by atoms with Crippen LogP contribution in [0.2, 0.25) is 0 Å². The van der Waals surface area contributed by atoms with Crippen molar-refractivity contribution in [3.8, 4) is 11.4 Å². The van der Waals surface area contributed by atoms with Crippen LogP contribution >= 0.6 is 15.9 Å². The van der Waals surface area contributed by atoms with Crippen LogP contribution in [0.3, 0.4) is 0 Å².